The molecule has 1 saturated heterocycles. The molecular weight excluding hydrogens is 182 g/mol. The van der Waals surface area contributed by atoms with Crippen molar-refractivity contribution in [2.24, 2.45) is 0 Å². The third kappa shape index (κ3) is 1.66. The Balaban J connectivity index is 2.90. The maximum atomic E-state index is 11.4. The average Bonchev–Trinajstić information content (AvgIpc) is 2.39. The van der Waals surface area contributed by atoms with Gasteiger partial charge in [0.25, 0.3) is 0 Å². The molecule has 5 nitrogen and oxygen atoms in total. The molecule has 0 saturated carbocycles. The summed E-state index contributed by atoms with van der Waals surface area (Å²) in [6.45, 7) is 5.98. The lowest BCUT2D eigenvalue weighted by atomic mass is 10.0. The fourth-order valence-electron chi connectivity index (χ4n) is 1.83. The van der Waals surface area contributed by atoms with Crippen molar-refractivity contribution in [3.05, 3.63) is 0 Å². The van der Waals surface area contributed by atoms with E-state index >= 15 is 0 Å². The molecule has 1 rings (SSSR count). The first-order valence-corrected chi connectivity index (χ1v) is 4.70. The normalized spacial score (nSPS) is 19.7. The molecule has 0 bridgehead atoms. The number of hydrogen-bond acceptors (Lipinski definition) is 2. The van der Waals surface area contributed by atoms with E-state index in [1.807, 2.05) is 13.8 Å². The highest BCUT2D eigenvalue weighted by Crippen LogP contribution is 2.28. The van der Waals surface area contributed by atoms with Crippen molar-refractivity contribution in [3.63, 3.8) is 0 Å². The van der Waals surface area contributed by atoms with Crippen molar-refractivity contribution >= 4 is 11.9 Å². The van der Waals surface area contributed by atoms with Gasteiger partial charge in [-0.2, -0.15) is 0 Å². The predicted octanol–water partition coefficient (Wildman–Crippen LogP) is 0.574. The minimum atomic E-state index is -0.266. The van der Waals surface area contributed by atoms with E-state index in [-0.39, 0.29) is 17.5 Å². The lowest BCUT2D eigenvalue weighted by molar-refractivity contribution is -0.144. The smallest absolute Gasteiger partial charge is 0.336 e. The average molecular weight is 199 g/mol. The van der Waals surface area contributed by atoms with Gasteiger partial charge in [0.05, 0.1) is 5.54 Å². The summed E-state index contributed by atoms with van der Waals surface area (Å²) in [5, 5.41) is 5.50. The molecule has 3 amide bonds. The van der Waals surface area contributed by atoms with Crippen molar-refractivity contribution in [3.8, 4) is 0 Å². The highest BCUT2D eigenvalue weighted by Gasteiger charge is 2.42. The Morgan fingerprint density at radius 2 is 1.93 bits per heavy atom. The van der Waals surface area contributed by atoms with Crippen LogP contribution in [-0.2, 0) is 4.79 Å². The summed E-state index contributed by atoms with van der Waals surface area (Å²) in [5.74, 6) is -0.101. The van der Waals surface area contributed by atoms with Gasteiger partial charge in [-0.15, -0.1) is 0 Å². The zero-order chi connectivity index (χ0) is 10.9. The SMILES string of the molecule is CNC(=O)N1CCC(C)(C)N1C(C)=O. The van der Waals surface area contributed by atoms with E-state index in [0.29, 0.717) is 6.54 Å². The quantitative estimate of drug-likeness (QED) is 0.620. The van der Waals surface area contributed by atoms with Crippen LogP contribution in [0.2, 0.25) is 0 Å². The van der Waals surface area contributed by atoms with Crippen molar-refractivity contribution in [1.29, 1.82) is 0 Å². The second-order valence-corrected chi connectivity index (χ2v) is 4.07. The lowest BCUT2D eigenvalue weighted by Crippen LogP contribution is -2.53. The molecule has 0 aromatic heterocycles. The second kappa shape index (κ2) is 3.48. The Morgan fingerprint density at radius 1 is 1.36 bits per heavy atom. The van der Waals surface area contributed by atoms with Crippen LogP contribution < -0.4 is 5.32 Å². The van der Waals surface area contributed by atoms with Gasteiger partial charge in [0.1, 0.15) is 0 Å². The fraction of sp³-hybridized carbons (Fsp3) is 0.778. The first-order valence-electron chi connectivity index (χ1n) is 4.70. The van der Waals surface area contributed by atoms with Gasteiger partial charge in [-0.25, -0.2) is 14.8 Å². The standard InChI is InChI=1S/C9H17N3O2/c1-7(13)12-9(2,3)5-6-11(12)8(14)10-4/h5-6H2,1-4H3,(H,10,14). The molecule has 80 valence electrons. The summed E-state index contributed by atoms with van der Waals surface area (Å²) in [7, 11) is 1.56. The molecule has 0 aromatic rings. The van der Waals surface area contributed by atoms with Crippen LogP contribution in [0.1, 0.15) is 27.2 Å². The van der Waals surface area contributed by atoms with E-state index in [9.17, 15) is 9.59 Å². The maximum absolute atomic E-state index is 11.4. The summed E-state index contributed by atoms with van der Waals surface area (Å²) >= 11 is 0. The number of carbonyl (C=O) groups is 2. The Hall–Kier alpha value is -1.26. The molecule has 14 heavy (non-hydrogen) atoms. The van der Waals surface area contributed by atoms with E-state index in [1.165, 1.54) is 16.9 Å². The van der Waals surface area contributed by atoms with Crippen LogP contribution in [-0.4, -0.2) is 41.1 Å². The first-order chi connectivity index (χ1) is 6.40. The van der Waals surface area contributed by atoms with E-state index in [2.05, 4.69) is 5.32 Å². The minimum Gasteiger partial charge on any atom is -0.340 e. The van der Waals surface area contributed by atoms with Gasteiger partial charge in [-0.05, 0) is 20.3 Å². The van der Waals surface area contributed by atoms with Gasteiger partial charge in [0.2, 0.25) is 5.91 Å². The number of nitrogens with zero attached hydrogens (tertiary/aromatic N) is 2. The topological polar surface area (TPSA) is 52.7 Å². The lowest BCUT2D eigenvalue weighted by Gasteiger charge is -2.35. The Morgan fingerprint density at radius 3 is 2.36 bits per heavy atom. The van der Waals surface area contributed by atoms with E-state index in [4.69, 9.17) is 0 Å². The molecule has 1 aliphatic heterocycles. The molecule has 0 atom stereocenters. The Labute approximate surface area is 84.0 Å². The highest BCUT2D eigenvalue weighted by molar-refractivity contribution is 5.81. The van der Waals surface area contributed by atoms with Gasteiger partial charge in [-0.3, -0.25) is 4.79 Å². The van der Waals surface area contributed by atoms with E-state index in [0.717, 1.165) is 6.42 Å². The van der Waals surface area contributed by atoms with Crippen LogP contribution >= 0.6 is 0 Å². The van der Waals surface area contributed by atoms with Gasteiger partial charge in [-0.1, -0.05) is 0 Å². The predicted molar refractivity (Wildman–Crippen MR) is 52.4 cm³/mol. The molecule has 0 unspecified atom stereocenters. The molecule has 0 spiro atoms. The summed E-state index contributed by atoms with van der Waals surface area (Å²) in [4.78, 5) is 22.8. The Bertz CT molecular complexity index is 263. The van der Waals surface area contributed by atoms with Crippen molar-refractivity contribution < 1.29 is 9.59 Å². The number of nitrogens with one attached hydrogen (secondary N) is 1. The molecule has 0 aliphatic carbocycles. The third-order valence-corrected chi connectivity index (χ3v) is 2.50. The fourth-order valence-corrected chi connectivity index (χ4v) is 1.83. The van der Waals surface area contributed by atoms with Gasteiger partial charge in [0.15, 0.2) is 0 Å². The Kier molecular flexibility index (Phi) is 2.69. The number of hydrogen-bond donors (Lipinski definition) is 1. The second-order valence-electron chi connectivity index (χ2n) is 4.07. The molecule has 5 heteroatoms. The molecule has 0 radical (unpaired) electrons. The van der Waals surface area contributed by atoms with Crippen molar-refractivity contribution in [2.45, 2.75) is 32.7 Å². The number of hydrazine groups is 1. The largest absolute Gasteiger partial charge is 0.340 e. The van der Waals surface area contributed by atoms with Crippen LogP contribution in [0, 0.1) is 0 Å². The molecule has 1 aliphatic rings. The van der Waals surface area contributed by atoms with Crippen molar-refractivity contribution in [1.82, 2.24) is 15.3 Å². The maximum Gasteiger partial charge on any atom is 0.336 e. The zero-order valence-electron chi connectivity index (χ0n) is 9.13. The van der Waals surface area contributed by atoms with Crippen LogP contribution in [0.4, 0.5) is 4.79 Å². The molecule has 0 aromatic carbocycles. The van der Waals surface area contributed by atoms with Gasteiger partial charge in [0, 0.05) is 20.5 Å². The van der Waals surface area contributed by atoms with E-state index < -0.39 is 0 Å². The summed E-state index contributed by atoms with van der Waals surface area (Å²) < 4.78 is 0. The first kappa shape index (κ1) is 10.8. The summed E-state index contributed by atoms with van der Waals surface area (Å²) in [6, 6.07) is -0.231. The van der Waals surface area contributed by atoms with Gasteiger partial charge >= 0.3 is 6.03 Å². The zero-order valence-corrected chi connectivity index (χ0v) is 9.13. The number of urea groups is 1. The molecule has 1 heterocycles. The number of rotatable bonds is 0. The molecular formula is C9H17N3O2. The summed E-state index contributed by atoms with van der Waals surface area (Å²) in [6.07, 6.45) is 0.806. The van der Waals surface area contributed by atoms with Crippen LogP contribution in [0.3, 0.4) is 0 Å². The van der Waals surface area contributed by atoms with Crippen LogP contribution in [0.15, 0.2) is 0 Å². The van der Waals surface area contributed by atoms with E-state index in [1.54, 1.807) is 7.05 Å². The molecule has 1 fully saturated rings. The molecule has 1 N–H and O–H groups in total. The van der Waals surface area contributed by atoms with Crippen molar-refractivity contribution in [2.75, 3.05) is 13.6 Å². The third-order valence-electron chi connectivity index (χ3n) is 2.50. The minimum absolute atomic E-state index is 0.101. The number of carbonyl (C=O) groups excluding carboxylic acids is 2. The highest BCUT2D eigenvalue weighted by atomic mass is 16.2. The number of amides is 3. The van der Waals surface area contributed by atoms with Gasteiger partial charge < -0.3 is 5.32 Å². The monoisotopic (exact) mass is 199 g/mol. The van der Waals surface area contributed by atoms with Crippen LogP contribution in [0.5, 0.6) is 0 Å². The summed E-state index contributed by atoms with van der Waals surface area (Å²) in [5.41, 5.74) is -0.266. The van der Waals surface area contributed by atoms with Crippen LogP contribution in [0.25, 0.3) is 0 Å².